The number of nitrogens with one attached hydrogen (secondary N) is 1. The fourth-order valence-electron chi connectivity index (χ4n) is 3.99. The molecule has 2 saturated carbocycles. The van der Waals surface area contributed by atoms with Crippen molar-refractivity contribution >= 4 is 0 Å². The summed E-state index contributed by atoms with van der Waals surface area (Å²) in [5.41, 5.74) is 1.45. The van der Waals surface area contributed by atoms with Gasteiger partial charge in [0.2, 0.25) is 0 Å². The van der Waals surface area contributed by atoms with Crippen molar-refractivity contribution < 1.29 is 4.74 Å². The van der Waals surface area contributed by atoms with Gasteiger partial charge in [-0.05, 0) is 68.1 Å². The summed E-state index contributed by atoms with van der Waals surface area (Å²) in [4.78, 5) is 0. The Bertz CT molecular complexity index is 445. The third kappa shape index (κ3) is 3.60. The van der Waals surface area contributed by atoms with Crippen molar-refractivity contribution in [2.75, 3.05) is 7.11 Å². The Hall–Kier alpha value is -1.02. The average Bonchev–Trinajstić information content (AvgIpc) is 2.51. The molecule has 1 N–H and O–H groups in total. The van der Waals surface area contributed by atoms with E-state index in [1.165, 1.54) is 50.5 Å². The number of hydrogen-bond acceptors (Lipinski definition) is 2. The maximum Gasteiger partial charge on any atom is 0.119 e. The lowest BCUT2D eigenvalue weighted by Crippen LogP contribution is -2.46. The molecule has 2 fully saturated rings. The summed E-state index contributed by atoms with van der Waals surface area (Å²) in [7, 11) is 1.75. The highest BCUT2D eigenvalue weighted by Crippen LogP contribution is 2.39. The Labute approximate surface area is 129 Å². The minimum atomic E-state index is 0.726. The summed E-state index contributed by atoms with van der Waals surface area (Å²) < 4.78 is 5.33. The fraction of sp³-hybridized carbons (Fsp3) is 0.684. The summed E-state index contributed by atoms with van der Waals surface area (Å²) in [6.45, 7) is 2.34. The minimum Gasteiger partial charge on any atom is -0.497 e. The summed E-state index contributed by atoms with van der Waals surface area (Å²) >= 11 is 0. The Morgan fingerprint density at radius 1 is 1.10 bits per heavy atom. The first-order valence-electron chi connectivity index (χ1n) is 8.68. The number of rotatable bonds is 5. The Balaban J connectivity index is 1.43. The third-order valence-electron chi connectivity index (χ3n) is 5.60. The molecule has 2 aliphatic carbocycles. The van der Waals surface area contributed by atoms with Crippen LogP contribution in [0.15, 0.2) is 24.3 Å². The first-order valence-corrected chi connectivity index (χ1v) is 8.68. The lowest BCUT2D eigenvalue weighted by atomic mass is 9.74. The number of hydrogen-bond donors (Lipinski definition) is 1. The van der Waals surface area contributed by atoms with E-state index >= 15 is 0 Å². The van der Waals surface area contributed by atoms with E-state index in [0.29, 0.717) is 0 Å². The standard InChI is InChI=1S/C19H29NO/c1-3-14-7-9-17(10-8-14)20-18-11-16(12-18)15-5-4-6-19(13-15)21-2/h4-6,13-14,16-18,20H,3,7-12H2,1-2H3. The van der Waals surface area contributed by atoms with Crippen LogP contribution in [0.2, 0.25) is 0 Å². The van der Waals surface area contributed by atoms with Crippen LogP contribution in [0.5, 0.6) is 5.75 Å². The van der Waals surface area contributed by atoms with Crippen molar-refractivity contribution in [2.45, 2.75) is 69.9 Å². The first-order chi connectivity index (χ1) is 10.3. The van der Waals surface area contributed by atoms with Crippen LogP contribution in [-0.4, -0.2) is 19.2 Å². The normalized spacial score (nSPS) is 32.5. The van der Waals surface area contributed by atoms with E-state index in [-0.39, 0.29) is 0 Å². The molecular formula is C19H29NO. The first kappa shape index (κ1) is 14.9. The molecule has 1 aromatic carbocycles. The van der Waals surface area contributed by atoms with Crippen molar-refractivity contribution in [1.82, 2.24) is 5.32 Å². The Morgan fingerprint density at radius 2 is 1.86 bits per heavy atom. The van der Waals surface area contributed by atoms with Crippen LogP contribution in [0.1, 0.15) is 63.4 Å². The summed E-state index contributed by atoms with van der Waals surface area (Å²) in [6, 6.07) is 10.1. The highest BCUT2D eigenvalue weighted by molar-refractivity contribution is 5.32. The lowest BCUT2D eigenvalue weighted by Gasteiger charge is -2.40. The van der Waals surface area contributed by atoms with E-state index in [2.05, 4.69) is 30.4 Å². The SMILES string of the molecule is CCC1CCC(NC2CC(c3cccc(OC)c3)C2)CC1. The molecule has 0 saturated heterocycles. The maximum atomic E-state index is 5.33. The predicted octanol–water partition coefficient (Wildman–Crippen LogP) is 4.50. The second-order valence-corrected chi connectivity index (χ2v) is 6.93. The molecule has 0 aromatic heterocycles. The van der Waals surface area contributed by atoms with Gasteiger partial charge in [-0.1, -0.05) is 25.5 Å². The van der Waals surface area contributed by atoms with Gasteiger partial charge >= 0.3 is 0 Å². The minimum absolute atomic E-state index is 0.726. The van der Waals surface area contributed by atoms with E-state index in [1.807, 2.05) is 6.07 Å². The second kappa shape index (κ2) is 6.83. The highest BCUT2D eigenvalue weighted by Gasteiger charge is 2.32. The van der Waals surface area contributed by atoms with Crippen LogP contribution in [0.3, 0.4) is 0 Å². The number of benzene rings is 1. The fourth-order valence-corrected chi connectivity index (χ4v) is 3.99. The molecule has 1 aromatic rings. The topological polar surface area (TPSA) is 21.3 Å². The molecule has 0 unspecified atom stereocenters. The van der Waals surface area contributed by atoms with Gasteiger partial charge in [-0.2, -0.15) is 0 Å². The van der Waals surface area contributed by atoms with Gasteiger partial charge in [-0.25, -0.2) is 0 Å². The van der Waals surface area contributed by atoms with E-state index in [4.69, 9.17) is 4.74 Å². The lowest BCUT2D eigenvalue weighted by molar-refractivity contribution is 0.214. The van der Waals surface area contributed by atoms with Crippen LogP contribution in [0.25, 0.3) is 0 Å². The molecular weight excluding hydrogens is 258 g/mol. The van der Waals surface area contributed by atoms with Gasteiger partial charge in [0.05, 0.1) is 7.11 Å². The van der Waals surface area contributed by atoms with Gasteiger partial charge in [-0.15, -0.1) is 0 Å². The summed E-state index contributed by atoms with van der Waals surface area (Å²) in [5, 5.41) is 3.90. The largest absolute Gasteiger partial charge is 0.497 e. The van der Waals surface area contributed by atoms with Crippen LogP contribution < -0.4 is 10.1 Å². The van der Waals surface area contributed by atoms with E-state index in [1.54, 1.807) is 7.11 Å². The van der Waals surface area contributed by atoms with Crippen molar-refractivity contribution in [3.05, 3.63) is 29.8 Å². The molecule has 0 bridgehead atoms. The zero-order chi connectivity index (χ0) is 14.7. The molecule has 0 aliphatic heterocycles. The van der Waals surface area contributed by atoms with E-state index in [9.17, 15) is 0 Å². The van der Waals surface area contributed by atoms with E-state index in [0.717, 1.165) is 29.7 Å². The Morgan fingerprint density at radius 3 is 2.52 bits per heavy atom. The molecule has 0 heterocycles. The molecule has 0 atom stereocenters. The van der Waals surface area contributed by atoms with Gasteiger partial charge in [0, 0.05) is 12.1 Å². The van der Waals surface area contributed by atoms with Crippen molar-refractivity contribution in [1.29, 1.82) is 0 Å². The third-order valence-corrected chi connectivity index (χ3v) is 5.60. The van der Waals surface area contributed by atoms with Gasteiger partial charge < -0.3 is 10.1 Å². The van der Waals surface area contributed by atoms with E-state index < -0.39 is 0 Å². The second-order valence-electron chi connectivity index (χ2n) is 6.93. The Kier molecular flexibility index (Phi) is 4.84. The molecule has 0 amide bonds. The molecule has 2 nitrogen and oxygen atoms in total. The van der Waals surface area contributed by atoms with Gasteiger partial charge in [-0.3, -0.25) is 0 Å². The molecule has 2 heteroatoms. The molecule has 0 spiro atoms. The van der Waals surface area contributed by atoms with Gasteiger partial charge in [0.15, 0.2) is 0 Å². The predicted molar refractivity (Wildman–Crippen MR) is 87.9 cm³/mol. The number of ether oxygens (including phenoxy) is 1. The van der Waals surface area contributed by atoms with Crippen LogP contribution in [0, 0.1) is 5.92 Å². The molecule has 116 valence electrons. The van der Waals surface area contributed by atoms with Crippen LogP contribution >= 0.6 is 0 Å². The zero-order valence-corrected chi connectivity index (χ0v) is 13.5. The molecule has 2 aliphatic rings. The molecule has 0 radical (unpaired) electrons. The highest BCUT2D eigenvalue weighted by atomic mass is 16.5. The maximum absolute atomic E-state index is 5.33. The summed E-state index contributed by atoms with van der Waals surface area (Å²) in [5.74, 6) is 2.71. The zero-order valence-electron chi connectivity index (χ0n) is 13.5. The molecule has 21 heavy (non-hydrogen) atoms. The van der Waals surface area contributed by atoms with Crippen LogP contribution in [0.4, 0.5) is 0 Å². The quantitative estimate of drug-likeness (QED) is 0.861. The van der Waals surface area contributed by atoms with Crippen LogP contribution in [-0.2, 0) is 0 Å². The van der Waals surface area contributed by atoms with Gasteiger partial charge in [0.25, 0.3) is 0 Å². The monoisotopic (exact) mass is 287 g/mol. The summed E-state index contributed by atoms with van der Waals surface area (Å²) in [6.07, 6.45) is 9.59. The van der Waals surface area contributed by atoms with Crippen molar-refractivity contribution in [3.63, 3.8) is 0 Å². The van der Waals surface area contributed by atoms with Gasteiger partial charge in [0.1, 0.15) is 5.75 Å². The van der Waals surface area contributed by atoms with Crippen molar-refractivity contribution in [3.8, 4) is 5.75 Å². The average molecular weight is 287 g/mol. The smallest absolute Gasteiger partial charge is 0.119 e. The number of methoxy groups -OCH3 is 1. The molecule has 3 rings (SSSR count). The van der Waals surface area contributed by atoms with Crippen molar-refractivity contribution in [2.24, 2.45) is 5.92 Å².